The van der Waals surface area contributed by atoms with E-state index in [2.05, 4.69) is 20.6 Å². The second kappa shape index (κ2) is 6.73. The van der Waals surface area contributed by atoms with Crippen molar-refractivity contribution in [1.29, 1.82) is 0 Å². The first-order valence-corrected chi connectivity index (χ1v) is 8.99. The first kappa shape index (κ1) is 16.4. The lowest BCUT2D eigenvalue weighted by atomic mass is 10.2. The second-order valence-corrected chi connectivity index (χ2v) is 6.61. The number of carbonyl (C=O) groups excluding carboxylic acids is 1. The van der Waals surface area contributed by atoms with E-state index in [1.807, 2.05) is 36.4 Å². The number of para-hydroxylation sites is 1. The molecule has 0 aliphatic heterocycles. The van der Waals surface area contributed by atoms with Gasteiger partial charge in [0.25, 0.3) is 0 Å². The molecule has 0 unspecified atom stereocenters. The lowest BCUT2D eigenvalue weighted by Gasteiger charge is -2.08. The van der Waals surface area contributed by atoms with Crippen LogP contribution in [0.1, 0.15) is 34.9 Å². The van der Waals surface area contributed by atoms with Crippen LogP contribution in [0.5, 0.6) is 5.75 Å². The molecule has 5 rings (SSSR count). The summed E-state index contributed by atoms with van der Waals surface area (Å²) in [6.45, 7) is 0. The maximum absolute atomic E-state index is 12.9. The van der Waals surface area contributed by atoms with Gasteiger partial charge in [-0.3, -0.25) is 0 Å². The van der Waals surface area contributed by atoms with Crippen LogP contribution in [0, 0.1) is 0 Å². The third-order valence-corrected chi connectivity index (χ3v) is 4.59. The summed E-state index contributed by atoms with van der Waals surface area (Å²) in [7, 11) is 0. The summed E-state index contributed by atoms with van der Waals surface area (Å²) in [4.78, 5) is 12.9. The van der Waals surface area contributed by atoms with E-state index in [4.69, 9.17) is 4.74 Å². The van der Waals surface area contributed by atoms with E-state index in [9.17, 15) is 4.79 Å². The van der Waals surface area contributed by atoms with Crippen LogP contribution in [0.3, 0.4) is 0 Å². The van der Waals surface area contributed by atoms with Gasteiger partial charge in [0.15, 0.2) is 5.69 Å². The minimum Gasteiger partial charge on any atom is -0.422 e. The van der Waals surface area contributed by atoms with E-state index in [-0.39, 0.29) is 0 Å². The number of esters is 1. The zero-order valence-electron chi connectivity index (χ0n) is 14.8. The Balaban J connectivity index is 1.42. The molecular weight excluding hydrogens is 356 g/mol. The van der Waals surface area contributed by atoms with Gasteiger partial charge in [0, 0.05) is 5.92 Å². The highest BCUT2D eigenvalue weighted by atomic mass is 16.5. The van der Waals surface area contributed by atoms with Gasteiger partial charge in [0.2, 0.25) is 0 Å². The zero-order valence-corrected chi connectivity index (χ0v) is 14.8. The molecule has 0 amide bonds. The Morgan fingerprint density at radius 3 is 2.46 bits per heavy atom. The van der Waals surface area contributed by atoms with Gasteiger partial charge in [-0.2, -0.15) is 5.10 Å². The third-order valence-electron chi connectivity index (χ3n) is 4.59. The number of aromatic nitrogens is 6. The Bertz CT molecular complexity index is 1100. The van der Waals surface area contributed by atoms with Crippen molar-refractivity contribution in [3.05, 3.63) is 78.4 Å². The Morgan fingerprint density at radius 2 is 1.79 bits per heavy atom. The van der Waals surface area contributed by atoms with Crippen molar-refractivity contribution >= 4 is 5.97 Å². The van der Waals surface area contributed by atoms with Gasteiger partial charge >= 0.3 is 5.97 Å². The maximum atomic E-state index is 12.9. The zero-order chi connectivity index (χ0) is 18.9. The van der Waals surface area contributed by atoms with Gasteiger partial charge in [-0.05, 0) is 65.7 Å². The lowest BCUT2D eigenvalue weighted by molar-refractivity contribution is 0.0725. The Morgan fingerprint density at radius 1 is 1.00 bits per heavy atom. The third kappa shape index (κ3) is 3.16. The normalized spacial score (nSPS) is 13.4. The van der Waals surface area contributed by atoms with Crippen LogP contribution in [-0.2, 0) is 0 Å². The summed E-state index contributed by atoms with van der Waals surface area (Å²) in [5.41, 5.74) is 2.95. The predicted molar refractivity (Wildman–Crippen MR) is 99.7 cm³/mol. The molecule has 2 heterocycles. The fraction of sp³-hybridized carbons (Fsp3) is 0.150. The highest BCUT2D eigenvalue weighted by Crippen LogP contribution is 2.39. The van der Waals surface area contributed by atoms with Gasteiger partial charge in [0.1, 0.15) is 12.1 Å². The molecule has 1 fully saturated rings. The Kier molecular flexibility index (Phi) is 3.93. The monoisotopic (exact) mass is 372 g/mol. The predicted octanol–water partition coefficient (Wildman–Crippen LogP) is 2.94. The molecule has 4 aromatic rings. The SMILES string of the molecule is O=C(Oc1ccc(-n2cnnn2)cc1)c1cc(C2CC2)nn1-c1ccccc1. The van der Waals surface area contributed by atoms with Crippen LogP contribution >= 0.6 is 0 Å². The molecule has 0 N–H and O–H groups in total. The number of nitrogens with zero attached hydrogens (tertiary/aromatic N) is 6. The molecule has 0 atom stereocenters. The molecule has 28 heavy (non-hydrogen) atoms. The maximum Gasteiger partial charge on any atom is 0.362 e. The summed E-state index contributed by atoms with van der Waals surface area (Å²) >= 11 is 0. The molecule has 1 aliphatic carbocycles. The van der Waals surface area contributed by atoms with E-state index >= 15 is 0 Å². The van der Waals surface area contributed by atoms with Crippen LogP contribution < -0.4 is 4.74 Å². The number of ether oxygens (including phenoxy) is 1. The number of benzene rings is 2. The van der Waals surface area contributed by atoms with Crippen molar-refractivity contribution in [2.75, 3.05) is 0 Å². The summed E-state index contributed by atoms with van der Waals surface area (Å²) in [6, 6.07) is 18.4. The van der Waals surface area contributed by atoms with Crippen molar-refractivity contribution in [2.24, 2.45) is 0 Å². The molecule has 0 radical (unpaired) electrons. The van der Waals surface area contributed by atoms with E-state index < -0.39 is 5.97 Å². The lowest BCUT2D eigenvalue weighted by Crippen LogP contribution is -2.14. The average Bonchev–Trinajstić information content (AvgIpc) is 3.26. The van der Waals surface area contributed by atoms with Gasteiger partial charge in [0.05, 0.1) is 17.1 Å². The summed E-state index contributed by atoms with van der Waals surface area (Å²) in [5, 5.41) is 15.7. The molecule has 0 saturated heterocycles. The standard InChI is InChI=1S/C20H16N6O2/c27-20(28-17-10-8-15(9-11-17)25-13-21-23-24-25)19-12-18(14-6-7-14)22-26(19)16-4-2-1-3-5-16/h1-5,8-14H,6-7H2. The van der Waals surface area contributed by atoms with Crippen molar-refractivity contribution in [1.82, 2.24) is 30.0 Å². The largest absolute Gasteiger partial charge is 0.422 e. The fourth-order valence-electron chi connectivity index (χ4n) is 3.00. The summed E-state index contributed by atoms with van der Waals surface area (Å²) in [5.74, 6) is 0.432. The van der Waals surface area contributed by atoms with Gasteiger partial charge < -0.3 is 4.74 Å². The van der Waals surface area contributed by atoms with Gasteiger partial charge in [-0.15, -0.1) is 5.10 Å². The average molecular weight is 372 g/mol. The van der Waals surface area contributed by atoms with Crippen molar-refractivity contribution < 1.29 is 9.53 Å². The minimum atomic E-state index is -0.446. The first-order chi connectivity index (χ1) is 13.8. The summed E-state index contributed by atoms with van der Waals surface area (Å²) in [6.07, 6.45) is 3.72. The van der Waals surface area contributed by atoms with E-state index in [0.29, 0.717) is 17.4 Å². The molecule has 8 heteroatoms. The smallest absolute Gasteiger partial charge is 0.362 e. The Labute approximate surface area is 160 Å². The summed E-state index contributed by atoms with van der Waals surface area (Å²) < 4.78 is 8.77. The molecule has 2 aromatic carbocycles. The molecule has 2 aromatic heterocycles. The number of carbonyl (C=O) groups is 1. The molecule has 8 nitrogen and oxygen atoms in total. The van der Waals surface area contributed by atoms with Crippen LogP contribution in [0.15, 0.2) is 67.0 Å². The molecule has 0 spiro atoms. The van der Waals surface area contributed by atoms with Crippen molar-refractivity contribution in [3.63, 3.8) is 0 Å². The number of rotatable bonds is 5. The Hall–Kier alpha value is -3.81. The number of tetrazole rings is 1. The van der Waals surface area contributed by atoms with Gasteiger partial charge in [-0.1, -0.05) is 18.2 Å². The fourth-order valence-corrected chi connectivity index (χ4v) is 3.00. The van der Waals surface area contributed by atoms with Gasteiger partial charge in [-0.25, -0.2) is 14.2 Å². The van der Waals surface area contributed by atoms with Crippen LogP contribution in [-0.4, -0.2) is 36.0 Å². The van der Waals surface area contributed by atoms with E-state index in [0.717, 1.165) is 29.9 Å². The first-order valence-electron chi connectivity index (χ1n) is 8.99. The molecule has 1 saturated carbocycles. The van der Waals surface area contributed by atoms with Crippen LogP contribution in [0.4, 0.5) is 0 Å². The second-order valence-electron chi connectivity index (χ2n) is 6.61. The number of hydrogen-bond acceptors (Lipinski definition) is 6. The minimum absolute atomic E-state index is 0.414. The van der Waals surface area contributed by atoms with Crippen molar-refractivity contribution in [3.8, 4) is 17.1 Å². The van der Waals surface area contributed by atoms with E-state index in [1.165, 1.54) is 11.0 Å². The highest BCUT2D eigenvalue weighted by Gasteiger charge is 2.29. The highest BCUT2D eigenvalue weighted by molar-refractivity contribution is 5.90. The molecule has 1 aliphatic rings. The van der Waals surface area contributed by atoms with Crippen molar-refractivity contribution in [2.45, 2.75) is 18.8 Å². The number of hydrogen-bond donors (Lipinski definition) is 0. The quantitative estimate of drug-likeness (QED) is 0.395. The van der Waals surface area contributed by atoms with Crippen LogP contribution in [0.2, 0.25) is 0 Å². The molecular formula is C20H16N6O2. The molecule has 0 bridgehead atoms. The topological polar surface area (TPSA) is 87.7 Å². The van der Waals surface area contributed by atoms with E-state index in [1.54, 1.807) is 28.9 Å². The van der Waals surface area contributed by atoms with Crippen LogP contribution in [0.25, 0.3) is 11.4 Å². The molecule has 138 valence electrons.